The van der Waals surface area contributed by atoms with E-state index >= 15 is 0 Å². The first kappa shape index (κ1) is 16.0. The number of methoxy groups -OCH3 is 1. The number of hydrogen-bond donors (Lipinski definition) is 3. The first-order valence-corrected chi connectivity index (χ1v) is 7.47. The first-order valence-electron chi connectivity index (χ1n) is 6.66. The van der Waals surface area contributed by atoms with Gasteiger partial charge in [-0.1, -0.05) is 11.3 Å². The Balaban J connectivity index is 2.07. The Morgan fingerprint density at radius 2 is 2.52 bits per heavy atom. The molecular weight excluding hydrogens is 296 g/mol. The van der Waals surface area contributed by atoms with Crippen LogP contribution in [0, 0.1) is 0 Å². The summed E-state index contributed by atoms with van der Waals surface area (Å²) >= 11 is 1.21. The van der Waals surface area contributed by atoms with E-state index in [9.17, 15) is 9.90 Å². The number of rotatable bonds is 6. The van der Waals surface area contributed by atoms with E-state index in [0.29, 0.717) is 42.9 Å². The predicted octanol–water partition coefficient (Wildman–Crippen LogP) is -0.383. The molecule has 2 heterocycles. The van der Waals surface area contributed by atoms with Crippen LogP contribution in [0.25, 0.3) is 0 Å². The molecule has 4 N–H and O–H groups in total. The smallest absolute Gasteiger partial charge is 0.268 e. The second kappa shape index (κ2) is 7.55. The fourth-order valence-corrected chi connectivity index (χ4v) is 2.89. The number of nitrogen functional groups attached to an aromatic ring is 1. The van der Waals surface area contributed by atoms with Crippen LogP contribution in [0.3, 0.4) is 0 Å². The zero-order valence-electron chi connectivity index (χ0n) is 11.9. The Kier molecular flexibility index (Phi) is 5.74. The van der Waals surface area contributed by atoms with E-state index in [1.165, 1.54) is 11.3 Å². The van der Waals surface area contributed by atoms with Crippen LogP contribution in [0.4, 0.5) is 10.9 Å². The number of hydrogen-bond acceptors (Lipinski definition) is 8. The summed E-state index contributed by atoms with van der Waals surface area (Å²) in [7, 11) is 1.61. The lowest BCUT2D eigenvalue weighted by molar-refractivity contribution is -0.0181. The van der Waals surface area contributed by atoms with Crippen molar-refractivity contribution in [3.63, 3.8) is 0 Å². The second-order valence-electron chi connectivity index (χ2n) is 4.56. The van der Waals surface area contributed by atoms with Crippen molar-refractivity contribution < 1.29 is 19.4 Å². The van der Waals surface area contributed by atoms with Gasteiger partial charge >= 0.3 is 0 Å². The topological polar surface area (TPSA) is 110 Å². The summed E-state index contributed by atoms with van der Waals surface area (Å²) in [6.45, 7) is 2.23. The van der Waals surface area contributed by atoms with E-state index in [4.69, 9.17) is 15.2 Å². The lowest BCUT2D eigenvalue weighted by Gasteiger charge is -2.34. The highest BCUT2D eigenvalue weighted by molar-refractivity contribution is 7.18. The SMILES string of the molecule is COCCNc1nc(N)c(C(=O)N2CCOCC2CO)s1. The van der Waals surface area contributed by atoms with Crippen LogP contribution in [0.15, 0.2) is 0 Å². The van der Waals surface area contributed by atoms with Gasteiger partial charge in [-0.3, -0.25) is 4.79 Å². The number of ether oxygens (including phenoxy) is 2. The standard InChI is InChI=1S/C12H20N4O4S/c1-19-4-2-14-12-15-10(13)9(21-12)11(18)16-3-5-20-7-8(16)6-17/h8,17H,2-7,13H2,1H3,(H,14,15). The third-order valence-electron chi connectivity index (χ3n) is 3.13. The van der Waals surface area contributed by atoms with Gasteiger partial charge in [0.05, 0.1) is 32.5 Å². The van der Waals surface area contributed by atoms with Crippen molar-refractivity contribution in [2.24, 2.45) is 0 Å². The van der Waals surface area contributed by atoms with Crippen molar-refractivity contribution in [2.75, 3.05) is 57.7 Å². The van der Waals surface area contributed by atoms with Gasteiger partial charge in [-0.05, 0) is 0 Å². The molecule has 1 aliphatic heterocycles. The number of aromatic nitrogens is 1. The molecule has 0 saturated carbocycles. The molecule has 118 valence electrons. The minimum absolute atomic E-state index is 0.136. The molecule has 1 aromatic rings. The zero-order valence-corrected chi connectivity index (χ0v) is 12.7. The number of anilines is 2. The predicted molar refractivity (Wildman–Crippen MR) is 79.6 cm³/mol. The number of nitrogens with one attached hydrogen (secondary N) is 1. The molecule has 21 heavy (non-hydrogen) atoms. The van der Waals surface area contributed by atoms with E-state index in [0.717, 1.165) is 0 Å². The second-order valence-corrected chi connectivity index (χ2v) is 5.56. The summed E-state index contributed by atoms with van der Waals surface area (Å²) in [6, 6.07) is -0.336. The molecule has 0 aliphatic carbocycles. The number of amides is 1. The van der Waals surface area contributed by atoms with Gasteiger partial charge in [0.2, 0.25) is 0 Å². The van der Waals surface area contributed by atoms with Crippen molar-refractivity contribution >= 4 is 28.2 Å². The molecule has 0 bridgehead atoms. The lowest BCUT2D eigenvalue weighted by atomic mass is 10.2. The summed E-state index contributed by atoms with van der Waals surface area (Å²) < 4.78 is 10.2. The molecule has 1 amide bonds. The Morgan fingerprint density at radius 1 is 1.71 bits per heavy atom. The summed E-state index contributed by atoms with van der Waals surface area (Å²) in [5.41, 5.74) is 5.83. The molecule has 0 spiro atoms. The molecule has 2 rings (SSSR count). The van der Waals surface area contributed by atoms with Gasteiger partial charge in [0.25, 0.3) is 5.91 Å². The summed E-state index contributed by atoms with van der Waals surface area (Å²) in [5, 5.41) is 13.0. The number of carbonyl (C=O) groups is 1. The molecule has 1 fully saturated rings. The number of nitrogens with zero attached hydrogens (tertiary/aromatic N) is 2. The largest absolute Gasteiger partial charge is 0.394 e. The number of thiazole rings is 1. The summed E-state index contributed by atoms with van der Waals surface area (Å²) in [5.74, 6) is -0.0137. The van der Waals surface area contributed by atoms with E-state index in [-0.39, 0.29) is 24.4 Å². The number of carbonyl (C=O) groups excluding carboxylic acids is 1. The van der Waals surface area contributed by atoms with Gasteiger partial charge in [-0.2, -0.15) is 0 Å². The van der Waals surface area contributed by atoms with Crippen LogP contribution in [0.2, 0.25) is 0 Å². The third kappa shape index (κ3) is 3.82. The van der Waals surface area contributed by atoms with Gasteiger partial charge in [-0.25, -0.2) is 4.98 Å². The summed E-state index contributed by atoms with van der Waals surface area (Å²) in [6.07, 6.45) is 0. The van der Waals surface area contributed by atoms with Gasteiger partial charge in [0.15, 0.2) is 5.13 Å². The fourth-order valence-electron chi connectivity index (χ4n) is 2.02. The lowest BCUT2D eigenvalue weighted by Crippen LogP contribution is -2.50. The highest BCUT2D eigenvalue weighted by Gasteiger charge is 2.30. The van der Waals surface area contributed by atoms with Gasteiger partial charge in [0.1, 0.15) is 10.7 Å². The minimum Gasteiger partial charge on any atom is -0.394 e. The van der Waals surface area contributed by atoms with Crippen molar-refractivity contribution in [3.8, 4) is 0 Å². The molecule has 0 radical (unpaired) electrons. The molecule has 1 unspecified atom stereocenters. The van der Waals surface area contributed by atoms with Gasteiger partial charge in [-0.15, -0.1) is 0 Å². The van der Waals surface area contributed by atoms with Gasteiger partial charge < -0.3 is 30.5 Å². The summed E-state index contributed by atoms with van der Waals surface area (Å²) in [4.78, 5) is 18.6. The maximum Gasteiger partial charge on any atom is 0.268 e. The van der Waals surface area contributed by atoms with Crippen molar-refractivity contribution in [1.82, 2.24) is 9.88 Å². The monoisotopic (exact) mass is 316 g/mol. The average Bonchev–Trinajstić information content (AvgIpc) is 2.87. The van der Waals surface area contributed by atoms with Crippen LogP contribution >= 0.6 is 11.3 Å². The van der Waals surface area contributed by atoms with Crippen LogP contribution in [-0.4, -0.2) is 73.6 Å². The molecule has 9 heteroatoms. The fraction of sp³-hybridized carbons (Fsp3) is 0.667. The van der Waals surface area contributed by atoms with E-state index in [1.807, 2.05) is 0 Å². The number of nitrogens with two attached hydrogens (primary N) is 1. The Labute approximate surface area is 126 Å². The Morgan fingerprint density at radius 3 is 3.24 bits per heavy atom. The Hall–Kier alpha value is -1.42. The van der Waals surface area contributed by atoms with E-state index in [1.54, 1.807) is 12.0 Å². The zero-order chi connectivity index (χ0) is 15.2. The molecule has 0 aromatic carbocycles. The maximum absolute atomic E-state index is 12.5. The van der Waals surface area contributed by atoms with Crippen molar-refractivity contribution in [2.45, 2.75) is 6.04 Å². The van der Waals surface area contributed by atoms with Gasteiger partial charge in [0, 0.05) is 20.2 Å². The maximum atomic E-state index is 12.5. The number of aliphatic hydroxyl groups is 1. The highest BCUT2D eigenvalue weighted by atomic mass is 32.1. The van der Waals surface area contributed by atoms with Crippen molar-refractivity contribution in [3.05, 3.63) is 4.88 Å². The molecule has 1 aliphatic rings. The van der Waals surface area contributed by atoms with E-state index in [2.05, 4.69) is 10.3 Å². The molecule has 8 nitrogen and oxygen atoms in total. The average molecular weight is 316 g/mol. The van der Waals surface area contributed by atoms with Crippen LogP contribution in [-0.2, 0) is 9.47 Å². The quantitative estimate of drug-likeness (QED) is 0.613. The first-order chi connectivity index (χ1) is 10.2. The van der Waals surface area contributed by atoms with Crippen LogP contribution in [0.5, 0.6) is 0 Å². The number of aliphatic hydroxyl groups excluding tert-OH is 1. The van der Waals surface area contributed by atoms with Crippen LogP contribution in [0.1, 0.15) is 9.67 Å². The normalized spacial score (nSPS) is 18.8. The molecule has 1 saturated heterocycles. The van der Waals surface area contributed by atoms with Crippen LogP contribution < -0.4 is 11.1 Å². The molecule has 1 atom stereocenters. The highest BCUT2D eigenvalue weighted by Crippen LogP contribution is 2.27. The molecular formula is C12H20N4O4S. The van der Waals surface area contributed by atoms with Crippen molar-refractivity contribution in [1.29, 1.82) is 0 Å². The number of morpholine rings is 1. The Bertz CT molecular complexity index is 482. The minimum atomic E-state index is -0.336. The third-order valence-corrected chi connectivity index (χ3v) is 4.15. The van der Waals surface area contributed by atoms with E-state index < -0.39 is 0 Å². The molecule has 1 aromatic heterocycles.